The highest BCUT2D eigenvalue weighted by molar-refractivity contribution is 5.78. The maximum absolute atomic E-state index is 13.1. The Hall–Kier alpha value is -2.55. The minimum atomic E-state index is -2.87. The Morgan fingerprint density at radius 3 is 2.71 bits per heavy atom. The van der Waals surface area contributed by atoms with Crippen molar-refractivity contribution in [1.82, 2.24) is 20.2 Å². The Kier molecular flexibility index (Phi) is 8.36. The summed E-state index contributed by atoms with van der Waals surface area (Å²) in [5.41, 5.74) is 2.14. The molecule has 0 saturated heterocycles. The minimum absolute atomic E-state index is 0.000643. The number of hydrogen-bond acceptors (Lipinski definition) is 6. The van der Waals surface area contributed by atoms with Crippen molar-refractivity contribution in [2.75, 3.05) is 26.2 Å². The van der Waals surface area contributed by atoms with Crippen molar-refractivity contribution in [3.05, 3.63) is 41.2 Å². The van der Waals surface area contributed by atoms with Crippen LogP contribution in [0.15, 0.2) is 22.7 Å². The quantitative estimate of drug-likeness (QED) is 0.570. The van der Waals surface area contributed by atoms with Crippen molar-refractivity contribution in [2.24, 2.45) is 5.92 Å². The Balaban J connectivity index is 1.16. The lowest BCUT2D eigenvalue weighted by atomic mass is 9.84. The molecule has 0 atom stereocenters. The van der Waals surface area contributed by atoms with Gasteiger partial charge in [0.15, 0.2) is 12.5 Å². The maximum Gasteiger partial charge on any atom is 0.278 e. The van der Waals surface area contributed by atoms with Gasteiger partial charge in [0.05, 0.1) is 12.6 Å². The molecule has 0 spiro atoms. The topological polar surface area (TPSA) is 80.5 Å². The smallest absolute Gasteiger partial charge is 0.278 e. The molecule has 1 N–H and O–H groups in total. The predicted molar refractivity (Wildman–Crippen MR) is 128 cm³/mol. The zero-order valence-corrected chi connectivity index (χ0v) is 20.7. The van der Waals surface area contributed by atoms with Gasteiger partial charge in [0, 0.05) is 51.2 Å². The van der Waals surface area contributed by atoms with E-state index in [1.807, 2.05) is 6.07 Å². The number of rotatable bonds is 9. The molecule has 1 aliphatic heterocycles. The summed E-state index contributed by atoms with van der Waals surface area (Å²) in [5, 5.41) is 3.15. The van der Waals surface area contributed by atoms with E-state index in [0.717, 1.165) is 77.2 Å². The molecule has 0 bridgehead atoms. The fourth-order valence-corrected chi connectivity index (χ4v) is 5.00. The Morgan fingerprint density at radius 1 is 1.23 bits per heavy atom. The van der Waals surface area contributed by atoms with Gasteiger partial charge in [-0.25, -0.2) is 18.7 Å². The van der Waals surface area contributed by atoms with Crippen molar-refractivity contribution in [1.29, 1.82) is 0 Å². The molecule has 7 nitrogen and oxygen atoms in total. The number of pyridine rings is 1. The molecule has 192 valence electrons. The first-order chi connectivity index (χ1) is 16.7. The molecule has 1 amide bonds. The van der Waals surface area contributed by atoms with Gasteiger partial charge in [-0.15, -0.1) is 0 Å². The van der Waals surface area contributed by atoms with E-state index in [9.17, 15) is 13.6 Å². The zero-order valence-electron chi connectivity index (χ0n) is 20.7. The van der Waals surface area contributed by atoms with Gasteiger partial charge < -0.3 is 19.4 Å². The molecule has 2 aromatic heterocycles. The van der Waals surface area contributed by atoms with Gasteiger partial charge in [0.25, 0.3) is 5.92 Å². The Bertz CT molecular complexity index is 983. The lowest BCUT2D eigenvalue weighted by molar-refractivity contribution is -0.121. The standard InChI is InChI=1S/C26H36F2N4O3/c1-18-29-16-22(35-18)15-24(33)30-21-6-3-19(4-7-21)9-12-32-13-10-20-5-8-25(31-23(20)11-14-32)34-17-26(2,27)28/h5,8,16,19,21H,3-4,6-7,9-15,17H2,1-2H3,(H,30,33)/t19-,21-. The van der Waals surface area contributed by atoms with Crippen molar-refractivity contribution < 1.29 is 22.7 Å². The second-order valence-electron chi connectivity index (χ2n) is 10.1. The molecule has 35 heavy (non-hydrogen) atoms. The summed E-state index contributed by atoms with van der Waals surface area (Å²) in [6.45, 7) is 4.91. The number of carbonyl (C=O) groups excluding carboxylic acids is 1. The van der Waals surface area contributed by atoms with Crippen LogP contribution in [0.4, 0.5) is 8.78 Å². The van der Waals surface area contributed by atoms with Gasteiger partial charge in [-0.1, -0.05) is 6.07 Å². The number of alkyl halides is 2. The van der Waals surface area contributed by atoms with Crippen LogP contribution >= 0.6 is 0 Å². The van der Waals surface area contributed by atoms with E-state index in [4.69, 9.17) is 9.15 Å². The summed E-state index contributed by atoms with van der Waals surface area (Å²) < 4.78 is 36.7. The van der Waals surface area contributed by atoms with Gasteiger partial charge in [0.1, 0.15) is 5.76 Å². The first-order valence-electron chi connectivity index (χ1n) is 12.7. The van der Waals surface area contributed by atoms with E-state index in [1.54, 1.807) is 19.2 Å². The monoisotopic (exact) mass is 490 g/mol. The molecule has 1 aliphatic carbocycles. The van der Waals surface area contributed by atoms with Crippen molar-refractivity contribution in [2.45, 2.75) is 77.2 Å². The van der Waals surface area contributed by atoms with Gasteiger partial charge in [-0.2, -0.15) is 0 Å². The number of hydrogen-bond donors (Lipinski definition) is 1. The number of nitrogens with one attached hydrogen (secondary N) is 1. The van der Waals surface area contributed by atoms with Crippen LogP contribution in [0.5, 0.6) is 5.88 Å². The summed E-state index contributed by atoms with van der Waals surface area (Å²) in [7, 11) is 0. The van der Waals surface area contributed by atoms with Crippen molar-refractivity contribution in [3.63, 3.8) is 0 Å². The number of aryl methyl sites for hydroxylation is 1. The SMILES string of the molecule is Cc1ncc(CC(=O)N[C@H]2CC[C@H](CCN3CCc4ccc(OCC(C)(F)F)nc4CC3)CC2)o1. The van der Waals surface area contributed by atoms with E-state index >= 15 is 0 Å². The molecule has 2 aliphatic rings. The molecule has 1 fully saturated rings. The molecule has 0 aromatic carbocycles. The van der Waals surface area contributed by atoms with Gasteiger partial charge in [-0.3, -0.25) is 4.79 Å². The second-order valence-corrected chi connectivity index (χ2v) is 10.1. The van der Waals surface area contributed by atoms with Crippen LogP contribution in [-0.2, 0) is 24.1 Å². The average molecular weight is 491 g/mol. The first kappa shape index (κ1) is 25.5. The van der Waals surface area contributed by atoms with Crippen LogP contribution in [-0.4, -0.2) is 59.0 Å². The second kappa shape index (κ2) is 11.5. The highest BCUT2D eigenvalue weighted by Gasteiger charge is 2.25. The zero-order chi connectivity index (χ0) is 24.8. The Morgan fingerprint density at radius 2 is 2.00 bits per heavy atom. The third-order valence-corrected chi connectivity index (χ3v) is 6.95. The summed E-state index contributed by atoms with van der Waals surface area (Å²) >= 11 is 0. The van der Waals surface area contributed by atoms with Gasteiger partial charge in [-0.05, 0) is 56.6 Å². The summed E-state index contributed by atoms with van der Waals surface area (Å²) in [6.07, 6.45) is 9.02. The lowest BCUT2D eigenvalue weighted by Crippen LogP contribution is -2.39. The van der Waals surface area contributed by atoms with Crippen LogP contribution in [0, 0.1) is 12.8 Å². The number of fused-ring (bicyclic) bond motifs is 1. The predicted octanol–water partition coefficient (Wildman–Crippen LogP) is 4.12. The normalized spacial score (nSPS) is 21.3. The van der Waals surface area contributed by atoms with Gasteiger partial charge >= 0.3 is 0 Å². The molecular formula is C26H36F2N4O3. The summed E-state index contributed by atoms with van der Waals surface area (Å²) in [6, 6.07) is 3.91. The summed E-state index contributed by atoms with van der Waals surface area (Å²) in [5.74, 6) is -0.726. The number of amides is 1. The number of ether oxygens (including phenoxy) is 1. The van der Waals surface area contributed by atoms with Crippen molar-refractivity contribution >= 4 is 5.91 Å². The average Bonchev–Trinajstić information content (AvgIpc) is 3.10. The van der Waals surface area contributed by atoms with E-state index < -0.39 is 12.5 Å². The van der Waals surface area contributed by atoms with Crippen LogP contribution < -0.4 is 10.1 Å². The van der Waals surface area contributed by atoms with Crippen LogP contribution in [0.2, 0.25) is 0 Å². The van der Waals surface area contributed by atoms with E-state index in [0.29, 0.717) is 17.6 Å². The lowest BCUT2D eigenvalue weighted by Gasteiger charge is -2.30. The largest absolute Gasteiger partial charge is 0.471 e. The minimum Gasteiger partial charge on any atom is -0.471 e. The van der Waals surface area contributed by atoms with Crippen LogP contribution in [0.25, 0.3) is 0 Å². The van der Waals surface area contributed by atoms with Crippen LogP contribution in [0.3, 0.4) is 0 Å². The highest BCUT2D eigenvalue weighted by Crippen LogP contribution is 2.28. The van der Waals surface area contributed by atoms with Gasteiger partial charge in [0.2, 0.25) is 11.8 Å². The summed E-state index contributed by atoms with van der Waals surface area (Å²) in [4.78, 5) is 23.3. The Labute approximate surface area is 205 Å². The van der Waals surface area contributed by atoms with E-state index in [1.165, 1.54) is 5.56 Å². The molecule has 3 heterocycles. The molecular weight excluding hydrogens is 454 g/mol. The third-order valence-electron chi connectivity index (χ3n) is 6.95. The number of aromatic nitrogens is 2. The molecule has 0 unspecified atom stereocenters. The maximum atomic E-state index is 13.1. The molecule has 1 saturated carbocycles. The van der Waals surface area contributed by atoms with E-state index in [2.05, 4.69) is 20.2 Å². The number of carbonyl (C=O) groups is 1. The fourth-order valence-electron chi connectivity index (χ4n) is 5.00. The number of nitrogens with zero attached hydrogens (tertiary/aromatic N) is 3. The fraction of sp³-hybridized carbons (Fsp3) is 0.654. The highest BCUT2D eigenvalue weighted by atomic mass is 19.3. The molecule has 9 heteroatoms. The van der Waals surface area contributed by atoms with Crippen LogP contribution in [0.1, 0.15) is 61.9 Å². The van der Waals surface area contributed by atoms with E-state index in [-0.39, 0.29) is 24.2 Å². The molecule has 4 rings (SSSR count). The number of oxazole rings is 1. The van der Waals surface area contributed by atoms with Crippen molar-refractivity contribution in [3.8, 4) is 5.88 Å². The number of halogens is 2. The molecule has 2 aromatic rings. The first-order valence-corrected chi connectivity index (χ1v) is 12.7. The molecule has 0 radical (unpaired) electrons. The third kappa shape index (κ3) is 7.98.